The Bertz CT molecular complexity index is 416. The van der Waals surface area contributed by atoms with Crippen LogP contribution in [0.3, 0.4) is 0 Å². The van der Waals surface area contributed by atoms with Crippen molar-refractivity contribution in [3.8, 4) is 0 Å². The van der Waals surface area contributed by atoms with Gasteiger partial charge in [-0.05, 0) is 38.0 Å². The largest absolute Gasteiger partial charge is 0.467 e. The van der Waals surface area contributed by atoms with E-state index in [2.05, 4.69) is 23.8 Å². The summed E-state index contributed by atoms with van der Waals surface area (Å²) < 4.78 is 4.51. The summed E-state index contributed by atoms with van der Waals surface area (Å²) in [5.74, 6) is 0.446. The minimum Gasteiger partial charge on any atom is -0.467 e. The topological polar surface area (TPSA) is 63.6 Å². The van der Waals surface area contributed by atoms with Gasteiger partial charge in [-0.15, -0.1) is 0 Å². The third-order valence-electron chi connectivity index (χ3n) is 5.23. The molecule has 0 spiro atoms. The van der Waals surface area contributed by atoms with Crippen molar-refractivity contribution in [1.29, 1.82) is 0 Å². The molecule has 1 rings (SSSR count). The van der Waals surface area contributed by atoms with Crippen molar-refractivity contribution in [2.24, 2.45) is 11.8 Å². The SMILES string of the molecule is CCCCCC/C=C\[C@H]1CCC(=O)[C@@H]1CCCCCC(O)C(=O)OC. The van der Waals surface area contributed by atoms with Crippen molar-refractivity contribution in [1.82, 2.24) is 0 Å². The standard InChI is InChI=1S/C21H36O4/c1-3-4-5-6-7-9-12-17-15-16-19(22)18(17)13-10-8-11-14-20(23)21(24)25-2/h9,12,17-18,20,23H,3-8,10-11,13-16H2,1-2H3/b12-9-/t17-,18+,20?/m0/s1. The van der Waals surface area contributed by atoms with Gasteiger partial charge in [0, 0.05) is 12.3 Å². The molecule has 0 aromatic rings. The summed E-state index contributed by atoms with van der Waals surface area (Å²) in [6.45, 7) is 2.22. The molecule has 1 aliphatic carbocycles. The Labute approximate surface area is 153 Å². The molecule has 4 nitrogen and oxygen atoms in total. The maximum absolute atomic E-state index is 12.1. The molecule has 0 bridgehead atoms. The number of carbonyl (C=O) groups excluding carboxylic acids is 2. The predicted molar refractivity (Wildman–Crippen MR) is 100 cm³/mol. The third-order valence-corrected chi connectivity index (χ3v) is 5.23. The molecule has 4 heteroatoms. The predicted octanol–water partition coefficient (Wildman–Crippen LogP) is 4.59. The number of aliphatic hydroxyl groups is 1. The number of rotatable bonds is 13. The fraction of sp³-hybridized carbons (Fsp3) is 0.810. The number of hydrogen-bond donors (Lipinski definition) is 1. The zero-order valence-electron chi connectivity index (χ0n) is 16.0. The summed E-state index contributed by atoms with van der Waals surface area (Å²) in [6.07, 6.45) is 15.6. The van der Waals surface area contributed by atoms with E-state index in [1.54, 1.807) is 0 Å². The number of unbranched alkanes of at least 4 members (excludes halogenated alkanes) is 6. The molecule has 0 aromatic carbocycles. The number of methoxy groups -OCH3 is 1. The molecule has 144 valence electrons. The molecule has 0 aromatic heterocycles. The van der Waals surface area contributed by atoms with Crippen molar-refractivity contribution in [2.45, 2.75) is 90.1 Å². The zero-order valence-corrected chi connectivity index (χ0v) is 16.0. The van der Waals surface area contributed by atoms with Gasteiger partial charge in [0.1, 0.15) is 5.78 Å². The van der Waals surface area contributed by atoms with Crippen LogP contribution >= 0.6 is 0 Å². The number of esters is 1. The normalized spacial score (nSPS) is 21.8. The van der Waals surface area contributed by atoms with E-state index in [0.29, 0.717) is 18.1 Å². The van der Waals surface area contributed by atoms with Crippen LogP contribution in [0.4, 0.5) is 0 Å². The van der Waals surface area contributed by atoms with Crippen LogP contribution in [0.5, 0.6) is 0 Å². The third kappa shape index (κ3) is 8.66. The molecule has 1 unspecified atom stereocenters. The highest BCUT2D eigenvalue weighted by atomic mass is 16.5. The molecule has 3 atom stereocenters. The summed E-state index contributed by atoms with van der Waals surface area (Å²) in [7, 11) is 1.29. The second-order valence-electron chi connectivity index (χ2n) is 7.23. The van der Waals surface area contributed by atoms with Gasteiger partial charge in [-0.1, -0.05) is 57.6 Å². The number of ketones is 1. The van der Waals surface area contributed by atoms with Gasteiger partial charge in [0.05, 0.1) is 7.11 Å². The van der Waals surface area contributed by atoms with Crippen LogP contribution in [0.25, 0.3) is 0 Å². The van der Waals surface area contributed by atoms with Crippen LogP contribution in [0.2, 0.25) is 0 Å². The molecule has 0 saturated heterocycles. The lowest BCUT2D eigenvalue weighted by Crippen LogP contribution is -2.21. The lowest BCUT2D eigenvalue weighted by atomic mass is 9.89. The monoisotopic (exact) mass is 352 g/mol. The number of Topliss-reactive ketones (excluding diaryl/α,β-unsaturated/α-hetero) is 1. The first kappa shape index (κ1) is 21.9. The molecule has 1 fully saturated rings. The van der Waals surface area contributed by atoms with Crippen molar-refractivity contribution in [3.63, 3.8) is 0 Å². The molecule has 0 aliphatic heterocycles. The molecular formula is C21H36O4. The van der Waals surface area contributed by atoms with E-state index in [1.807, 2.05) is 0 Å². The van der Waals surface area contributed by atoms with Gasteiger partial charge in [0.15, 0.2) is 6.10 Å². The quantitative estimate of drug-likeness (QED) is 0.299. The van der Waals surface area contributed by atoms with Gasteiger partial charge in [0.2, 0.25) is 0 Å². The van der Waals surface area contributed by atoms with Gasteiger partial charge in [-0.2, -0.15) is 0 Å². The van der Waals surface area contributed by atoms with Gasteiger partial charge >= 0.3 is 5.97 Å². The van der Waals surface area contributed by atoms with Gasteiger partial charge < -0.3 is 9.84 Å². The average molecular weight is 353 g/mol. The van der Waals surface area contributed by atoms with E-state index in [4.69, 9.17) is 0 Å². The van der Waals surface area contributed by atoms with E-state index in [0.717, 1.165) is 44.9 Å². The minimum atomic E-state index is -1.01. The van der Waals surface area contributed by atoms with Crippen molar-refractivity contribution in [2.75, 3.05) is 7.11 Å². The Hall–Kier alpha value is -1.16. The zero-order chi connectivity index (χ0) is 18.5. The van der Waals surface area contributed by atoms with Crippen LogP contribution in [0.15, 0.2) is 12.2 Å². The fourth-order valence-corrected chi connectivity index (χ4v) is 3.63. The van der Waals surface area contributed by atoms with Gasteiger partial charge in [0.25, 0.3) is 0 Å². The van der Waals surface area contributed by atoms with Gasteiger partial charge in [-0.25, -0.2) is 4.79 Å². The number of aliphatic hydroxyl groups excluding tert-OH is 1. The van der Waals surface area contributed by atoms with Crippen LogP contribution in [-0.2, 0) is 14.3 Å². The van der Waals surface area contributed by atoms with Crippen molar-refractivity contribution < 1.29 is 19.4 Å². The van der Waals surface area contributed by atoms with E-state index < -0.39 is 12.1 Å². The summed E-state index contributed by atoms with van der Waals surface area (Å²) in [5.41, 5.74) is 0. The molecule has 0 heterocycles. The average Bonchev–Trinajstić information content (AvgIpc) is 2.96. The second-order valence-corrected chi connectivity index (χ2v) is 7.23. The highest BCUT2D eigenvalue weighted by molar-refractivity contribution is 5.83. The van der Waals surface area contributed by atoms with Crippen LogP contribution in [-0.4, -0.2) is 30.1 Å². The first-order valence-corrected chi connectivity index (χ1v) is 10.0. The Morgan fingerprint density at radius 3 is 2.72 bits per heavy atom. The van der Waals surface area contributed by atoms with E-state index in [-0.39, 0.29) is 5.92 Å². The van der Waals surface area contributed by atoms with E-state index in [9.17, 15) is 14.7 Å². The van der Waals surface area contributed by atoms with E-state index in [1.165, 1.54) is 32.8 Å². The molecule has 0 amide bonds. The summed E-state index contributed by atoms with van der Waals surface area (Å²) >= 11 is 0. The first-order chi connectivity index (χ1) is 12.1. The summed E-state index contributed by atoms with van der Waals surface area (Å²) in [4.78, 5) is 23.3. The smallest absolute Gasteiger partial charge is 0.334 e. The maximum atomic E-state index is 12.1. The highest BCUT2D eigenvalue weighted by Crippen LogP contribution is 2.34. The first-order valence-electron chi connectivity index (χ1n) is 10.0. The van der Waals surface area contributed by atoms with E-state index >= 15 is 0 Å². The van der Waals surface area contributed by atoms with Crippen molar-refractivity contribution >= 4 is 11.8 Å². The summed E-state index contributed by atoms with van der Waals surface area (Å²) in [6, 6.07) is 0. The molecule has 0 radical (unpaired) electrons. The summed E-state index contributed by atoms with van der Waals surface area (Å²) in [5, 5.41) is 9.55. The van der Waals surface area contributed by atoms with Gasteiger partial charge in [-0.3, -0.25) is 4.79 Å². The highest BCUT2D eigenvalue weighted by Gasteiger charge is 2.32. The molecular weight excluding hydrogens is 316 g/mol. The van der Waals surface area contributed by atoms with Crippen LogP contribution in [0.1, 0.15) is 84.0 Å². The second kappa shape index (κ2) is 13.1. The Kier molecular flexibility index (Phi) is 11.5. The van der Waals surface area contributed by atoms with Crippen LogP contribution < -0.4 is 0 Å². The Balaban J connectivity index is 2.22. The molecule has 1 N–H and O–H groups in total. The Morgan fingerprint density at radius 1 is 1.24 bits per heavy atom. The lowest BCUT2D eigenvalue weighted by molar-refractivity contribution is -0.150. The number of carbonyl (C=O) groups is 2. The molecule has 25 heavy (non-hydrogen) atoms. The number of hydrogen-bond acceptors (Lipinski definition) is 4. The number of ether oxygens (including phenoxy) is 1. The maximum Gasteiger partial charge on any atom is 0.334 e. The number of allylic oxidation sites excluding steroid dienone is 2. The van der Waals surface area contributed by atoms with Crippen LogP contribution in [0, 0.1) is 11.8 Å². The van der Waals surface area contributed by atoms with Crippen molar-refractivity contribution in [3.05, 3.63) is 12.2 Å². The fourth-order valence-electron chi connectivity index (χ4n) is 3.63. The molecule has 1 aliphatic rings. The Morgan fingerprint density at radius 2 is 2.00 bits per heavy atom. The minimum absolute atomic E-state index is 0.178. The lowest BCUT2D eigenvalue weighted by Gasteiger charge is -2.15. The molecule has 1 saturated carbocycles.